The van der Waals surface area contributed by atoms with Gasteiger partial charge in [0.15, 0.2) is 0 Å². The topological polar surface area (TPSA) is 12.0 Å². The Balaban J connectivity index is 1.99. The molecule has 1 N–H and O–H groups in total. The van der Waals surface area contributed by atoms with Crippen molar-refractivity contribution < 1.29 is 0 Å². The molecule has 0 amide bonds. The number of halogens is 1. The Hall–Kier alpha value is -0.830. The molecule has 2 rings (SSSR count). The van der Waals surface area contributed by atoms with Crippen molar-refractivity contribution in [3.05, 3.63) is 57.2 Å². The number of thiophene rings is 1. The van der Waals surface area contributed by atoms with E-state index >= 15 is 0 Å². The maximum atomic E-state index is 5.96. The monoisotopic (exact) mass is 307 g/mol. The first-order valence-electron chi connectivity index (χ1n) is 7.12. The lowest BCUT2D eigenvalue weighted by atomic mass is 9.93. The Morgan fingerprint density at radius 3 is 2.35 bits per heavy atom. The Bertz CT molecular complexity index is 490. The molecular weight excluding hydrogens is 286 g/mol. The molecule has 1 unspecified atom stereocenters. The summed E-state index contributed by atoms with van der Waals surface area (Å²) in [6.07, 6.45) is 2.22. The number of nitrogens with one attached hydrogen (secondary N) is 1. The highest BCUT2D eigenvalue weighted by molar-refractivity contribution is 7.07. The van der Waals surface area contributed by atoms with Crippen molar-refractivity contribution >= 4 is 22.9 Å². The molecule has 0 aliphatic carbocycles. The van der Waals surface area contributed by atoms with Gasteiger partial charge in [0.25, 0.3) is 0 Å². The smallest absolute Gasteiger partial charge is 0.0406 e. The second-order valence-corrected chi connectivity index (χ2v) is 6.81. The summed E-state index contributed by atoms with van der Waals surface area (Å²) in [5.41, 5.74) is 2.81. The lowest BCUT2D eigenvalue weighted by molar-refractivity contribution is 0.444. The zero-order valence-electron chi connectivity index (χ0n) is 12.1. The van der Waals surface area contributed by atoms with Gasteiger partial charge in [-0.3, -0.25) is 0 Å². The lowest BCUT2D eigenvalue weighted by Gasteiger charge is -2.19. The zero-order valence-corrected chi connectivity index (χ0v) is 13.7. The lowest BCUT2D eigenvalue weighted by Crippen LogP contribution is -2.31. The second kappa shape index (κ2) is 7.82. The van der Waals surface area contributed by atoms with Gasteiger partial charge in [-0.05, 0) is 65.4 Å². The van der Waals surface area contributed by atoms with Crippen molar-refractivity contribution in [3.63, 3.8) is 0 Å². The molecule has 108 valence electrons. The van der Waals surface area contributed by atoms with E-state index in [1.54, 1.807) is 11.3 Å². The first kappa shape index (κ1) is 15.6. The average molecular weight is 308 g/mol. The molecule has 1 aromatic carbocycles. The number of hydrogen-bond donors (Lipinski definition) is 1. The first-order valence-corrected chi connectivity index (χ1v) is 8.44. The fourth-order valence-corrected chi connectivity index (χ4v) is 3.12. The summed E-state index contributed by atoms with van der Waals surface area (Å²) in [5.74, 6) is 0.619. The predicted octanol–water partition coefficient (Wildman–Crippen LogP) is 4.80. The van der Waals surface area contributed by atoms with Crippen LogP contribution < -0.4 is 5.32 Å². The zero-order chi connectivity index (χ0) is 14.4. The van der Waals surface area contributed by atoms with E-state index in [-0.39, 0.29) is 0 Å². The Kier molecular flexibility index (Phi) is 6.08. The standard InChI is InChI=1S/C17H22ClNS/c1-13(2)19-11-16(10-15-7-8-20-12-15)9-14-3-5-17(18)6-4-14/h3-8,12-13,16,19H,9-11H2,1-2H3. The third kappa shape index (κ3) is 5.28. The van der Waals surface area contributed by atoms with Crippen molar-refractivity contribution in [1.82, 2.24) is 5.32 Å². The number of benzene rings is 1. The Morgan fingerprint density at radius 1 is 1.05 bits per heavy atom. The van der Waals surface area contributed by atoms with E-state index in [4.69, 9.17) is 11.6 Å². The van der Waals surface area contributed by atoms with E-state index in [9.17, 15) is 0 Å². The Labute approximate surface area is 131 Å². The maximum Gasteiger partial charge on any atom is 0.0406 e. The molecule has 0 saturated heterocycles. The molecule has 1 heterocycles. The van der Waals surface area contributed by atoms with Crippen LogP contribution in [-0.4, -0.2) is 12.6 Å². The highest BCUT2D eigenvalue weighted by Crippen LogP contribution is 2.18. The van der Waals surface area contributed by atoms with E-state index in [2.05, 4.69) is 48.1 Å². The SMILES string of the molecule is CC(C)NCC(Cc1ccc(Cl)cc1)Cc1ccsc1. The third-order valence-electron chi connectivity index (χ3n) is 3.36. The molecule has 0 aliphatic heterocycles. The van der Waals surface area contributed by atoms with Crippen molar-refractivity contribution in [2.24, 2.45) is 5.92 Å². The molecular formula is C17H22ClNS. The van der Waals surface area contributed by atoms with Gasteiger partial charge in [-0.15, -0.1) is 0 Å². The van der Waals surface area contributed by atoms with Gasteiger partial charge in [0.1, 0.15) is 0 Å². The molecule has 3 heteroatoms. The van der Waals surface area contributed by atoms with Crippen molar-refractivity contribution in [2.75, 3.05) is 6.54 Å². The molecule has 0 radical (unpaired) electrons. The summed E-state index contributed by atoms with van der Waals surface area (Å²) < 4.78 is 0. The first-order chi connectivity index (χ1) is 9.63. The van der Waals surface area contributed by atoms with Crippen LogP contribution in [0, 0.1) is 5.92 Å². The fourth-order valence-electron chi connectivity index (χ4n) is 2.31. The maximum absolute atomic E-state index is 5.96. The molecule has 1 atom stereocenters. The quantitative estimate of drug-likeness (QED) is 0.774. The largest absolute Gasteiger partial charge is 0.314 e. The fraction of sp³-hybridized carbons (Fsp3) is 0.412. The summed E-state index contributed by atoms with van der Waals surface area (Å²) in [6, 6.07) is 11.0. The van der Waals surface area contributed by atoms with Crippen LogP contribution in [0.3, 0.4) is 0 Å². The molecule has 0 aliphatic rings. The van der Waals surface area contributed by atoms with Crippen LogP contribution in [0.4, 0.5) is 0 Å². The van der Waals surface area contributed by atoms with Gasteiger partial charge in [-0.25, -0.2) is 0 Å². The molecule has 0 spiro atoms. The average Bonchev–Trinajstić information content (AvgIpc) is 2.91. The summed E-state index contributed by atoms with van der Waals surface area (Å²) in [7, 11) is 0. The van der Waals surface area contributed by atoms with E-state index in [0.29, 0.717) is 12.0 Å². The van der Waals surface area contributed by atoms with Gasteiger partial charge >= 0.3 is 0 Å². The van der Waals surface area contributed by atoms with Gasteiger partial charge in [-0.2, -0.15) is 11.3 Å². The molecule has 0 saturated carbocycles. The van der Waals surface area contributed by atoms with Crippen LogP contribution in [0.2, 0.25) is 5.02 Å². The molecule has 1 aromatic heterocycles. The molecule has 0 bridgehead atoms. The minimum Gasteiger partial charge on any atom is -0.314 e. The summed E-state index contributed by atoms with van der Waals surface area (Å²) in [6.45, 7) is 5.45. The van der Waals surface area contributed by atoms with Gasteiger partial charge in [-0.1, -0.05) is 37.6 Å². The summed E-state index contributed by atoms with van der Waals surface area (Å²) in [4.78, 5) is 0. The van der Waals surface area contributed by atoms with E-state index in [0.717, 1.165) is 24.4 Å². The number of hydrogen-bond acceptors (Lipinski definition) is 2. The van der Waals surface area contributed by atoms with Crippen LogP contribution in [0.15, 0.2) is 41.1 Å². The summed E-state index contributed by atoms with van der Waals surface area (Å²) in [5, 5.41) is 8.79. The second-order valence-electron chi connectivity index (χ2n) is 5.60. The molecule has 1 nitrogen and oxygen atoms in total. The van der Waals surface area contributed by atoms with Crippen LogP contribution >= 0.6 is 22.9 Å². The van der Waals surface area contributed by atoms with Crippen molar-refractivity contribution in [3.8, 4) is 0 Å². The third-order valence-corrected chi connectivity index (χ3v) is 4.34. The van der Waals surface area contributed by atoms with Crippen LogP contribution in [0.25, 0.3) is 0 Å². The predicted molar refractivity (Wildman–Crippen MR) is 89.8 cm³/mol. The minimum absolute atomic E-state index is 0.533. The van der Waals surface area contributed by atoms with E-state index in [1.807, 2.05) is 12.1 Å². The van der Waals surface area contributed by atoms with E-state index < -0.39 is 0 Å². The van der Waals surface area contributed by atoms with Crippen molar-refractivity contribution in [1.29, 1.82) is 0 Å². The molecule has 2 aromatic rings. The van der Waals surface area contributed by atoms with E-state index in [1.165, 1.54) is 11.1 Å². The van der Waals surface area contributed by atoms with Gasteiger partial charge in [0, 0.05) is 11.1 Å². The molecule has 0 fully saturated rings. The Morgan fingerprint density at radius 2 is 1.75 bits per heavy atom. The van der Waals surface area contributed by atoms with Gasteiger partial charge in [0.05, 0.1) is 0 Å². The number of rotatable bonds is 7. The minimum atomic E-state index is 0.533. The summed E-state index contributed by atoms with van der Waals surface area (Å²) >= 11 is 7.73. The van der Waals surface area contributed by atoms with Crippen LogP contribution in [0.5, 0.6) is 0 Å². The highest BCUT2D eigenvalue weighted by atomic mass is 35.5. The van der Waals surface area contributed by atoms with Crippen LogP contribution in [0.1, 0.15) is 25.0 Å². The highest BCUT2D eigenvalue weighted by Gasteiger charge is 2.12. The van der Waals surface area contributed by atoms with Crippen molar-refractivity contribution in [2.45, 2.75) is 32.7 Å². The van der Waals surface area contributed by atoms with Gasteiger partial charge < -0.3 is 5.32 Å². The molecule has 20 heavy (non-hydrogen) atoms. The normalized spacial score (nSPS) is 12.8. The van der Waals surface area contributed by atoms with Gasteiger partial charge in [0.2, 0.25) is 0 Å². The van der Waals surface area contributed by atoms with Crippen LogP contribution in [-0.2, 0) is 12.8 Å².